The van der Waals surface area contributed by atoms with Crippen molar-refractivity contribution in [1.29, 1.82) is 0 Å². The number of nitrogens with zero attached hydrogens (tertiary/aromatic N) is 1. The van der Waals surface area contributed by atoms with Crippen LogP contribution < -0.4 is 5.56 Å². The van der Waals surface area contributed by atoms with Crippen LogP contribution in [-0.4, -0.2) is 22.5 Å². The van der Waals surface area contributed by atoms with Crippen LogP contribution in [0.15, 0.2) is 21.4 Å². The molecule has 0 fully saturated rings. The van der Waals surface area contributed by atoms with Crippen molar-refractivity contribution >= 4 is 39.3 Å². The molecule has 0 atom stereocenters. The van der Waals surface area contributed by atoms with E-state index in [0.717, 1.165) is 29.5 Å². The van der Waals surface area contributed by atoms with Crippen LogP contribution in [0.3, 0.4) is 0 Å². The molecular weight excluding hydrogens is 332 g/mol. The standard InChI is InChI=1S/C16H18N2O3S2/c1-2-21-12(19)8-9-22-16-17-14(20)13-10-6-4-3-5-7-11(10)23-15(13)18-16/h8-9H,2-7H2,1H3,(H,17,18,20)/b9-8-. The van der Waals surface area contributed by atoms with Gasteiger partial charge in [-0.15, -0.1) is 11.3 Å². The van der Waals surface area contributed by atoms with Crippen LogP contribution in [0.4, 0.5) is 0 Å². The van der Waals surface area contributed by atoms with E-state index in [1.165, 1.54) is 41.1 Å². The second kappa shape index (κ2) is 7.31. The molecule has 2 aromatic rings. The fraction of sp³-hybridized carbons (Fsp3) is 0.438. The predicted molar refractivity (Wildman–Crippen MR) is 93.1 cm³/mol. The molecule has 7 heteroatoms. The van der Waals surface area contributed by atoms with E-state index < -0.39 is 5.97 Å². The first-order chi connectivity index (χ1) is 11.2. The average Bonchev–Trinajstić information content (AvgIpc) is 2.70. The molecule has 0 spiro atoms. The minimum absolute atomic E-state index is 0.0820. The van der Waals surface area contributed by atoms with Gasteiger partial charge in [-0.3, -0.25) is 4.79 Å². The number of H-pyrrole nitrogens is 1. The lowest BCUT2D eigenvalue weighted by Gasteiger charge is -1.99. The first kappa shape index (κ1) is 16.3. The Kier molecular flexibility index (Phi) is 5.17. The molecule has 0 radical (unpaired) electrons. The number of aromatic nitrogens is 2. The molecule has 0 aliphatic heterocycles. The molecule has 0 aromatic carbocycles. The van der Waals surface area contributed by atoms with Gasteiger partial charge in [0.15, 0.2) is 5.16 Å². The van der Waals surface area contributed by atoms with Crippen LogP contribution in [-0.2, 0) is 22.4 Å². The molecule has 0 saturated carbocycles. The van der Waals surface area contributed by atoms with Crippen molar-refractivity contribution in [1.82, 2.24) is 9.97 Å². The van der Waals surface area contributed by atoms with E-state index in [0.29, 0.717) is 11.8 Å². The summed E-state index contributed by atoms with van der Waals surface area (Å²) in [5, 5.41) is 2.84. The maximum atomic E-state index is 12.4. The number of aryl methyl sites for hydroxylation is 2. The van der Waals surface area contributed by atoms with Gasteiger partial charge in [-0.2, -0.15) is 0 Å². The number of nitrogens with one attached hydrogen (secondary N) is 1. The Morgan fingerprint density at radius 3 is 3.04 bits per heavy atom. The highest BCUT2D eigenvalue weighted by Gasteiger charge is 2.18. The summed E-state index contributed by atoms with van der Waals surface area (Å²) in [4.78, 5) is 33.1. The number of esters is 1. The number of rotatable bonds is 4. The second-order valence-corrected chi connectivity index (χ2v) is 7.27. The van der Waals surface area contributed by atoms with Crippen molar-refractivity contribution in [2.24, 2.45) is 0 Å². The number of carbonyl (C=O) groups excluding carboxylic acids is 1. The summed E-state index contributed by atoms with van der Waals surface area (Å²) in [6.45, 7) is 2.10. The zero-order valence-corrected chi connectivity index (χ0v) is 14.5. The molecule has 0 amide bonds. The molecule has 122 valence electrons. The molecule has 23 heavy (non-hydrogen) atoms. The number of thiophene rings is 1. The number of thioether (sulfide) groups is 1. The number of hydrogen-bond donors (Lipinski definition) is 1. The Morgan fingerprint density at radius 2 is 2.22 bits per heavy atom. The van der Waals surface area contributed by atoms with Crippen LogP contribution in [0, 0.1) is 0 Å². The van der Waals surface area contributed by atoms with E-state index in [-0.39, 0.29) is 5.56 Å². The molecule has 0 saturated heterocycles. The number of aromatic amines is 1. The molecular formula is C16H18N2O3S2. The van der Waals surface area contributed by atoms with Gasteiger partial charge in [-0.05, 0) is 43.6 Å². The summed E-state index contributed by atoms with van der Waals surface area (Å²) >= 11 is 2.84. The van der Waals surface area contributed by atoms with Crippen molar-refractivity contribution in [2.75, 3.05) is 6.61 Å². The fourth-order valence-electron chi connectivity index (χ4n) is 2.72. The Bertz CT molecular complexity index is 807. The quantitative estimate of drug-likeness (QED) is 0.301. The number of hydrogen-bond acceptors (Lipinski definition) is 6. The third kappa shape index (κ3) is 3.67. The Morgan fingerprint density at radius 1 is 1.39 bits per heavy atom. The molecule has 0 bridgehead atoms. The average molecular weight is 350 g/mol. The third-order valence-corrected chi connectivity index (χ3v) is 5.60. The predicted octanol–water partition coefficient (Wildman–Crippen LogP) is 3.42. The summed E-state index contributed by atoms with van der Waals surface area (Å²) in [5.74, 6) is -0.397. The Hall–Kier alpha value is -1.60. The van der Waals surface area contributed by atoms with Gasteiger partial charge in [-0.25, -0.2) is 9.78 Å². The maximum Gasteiger partial charge on any atom is 0.331 e. The highest BCUT2D eigenvalue weighted by atomic mass is 32.2. The molecule has 3 rings (SSSR count). The number of ether oxygens (including phenoxy) is 1. The zero-order chi connectivity index (χ0) is 16.2. The van der Waals surface area contributed by atoms with Gasteiger partial charge in [0.2, 0.25) is 0 Å². The summed E-state index contributed by atoms with van der Waals surface area (Å²) in [7, 11) is 0. The van der Waals surface area contributed by atoms with Crippen molar-refractivity contribution in [3.05, 3.63) is 32.3 Å². The first-order valence-corrected chi connectivity index (χ1v) is 9.43. The summed E-state index contributed by atoms with van der Waals surface area (Å²) < 4.78 is 4.81. The van der Waals surface area contributed by atoms with Gasteiger partial charge < -0.3 is 9.72 Å². The van der Waals surface area contributed by atoms with Gasteiger partial charge in [0, 0.05) is 11.0 Å². The van der Waals surface area contributed by atoms with E-state index in [1.54, 1.807) is 23.7 Å². The normalized spacial score (nSPS) is 14.8. The van der Waals surface area contributed by atoms with Crippen molar-refractivity contribution in [3.8, 4) is 0 Å². The summed E-state index contributed by atoms with van der Waals surface area (Å²) in [5.41, 5.74) is 1.11. The first-order valence-electron chi connectivity index (χ1n) is 7.73. The van der Waals surface area contributed by atoms with Gasteiger partial charge in [0.1, 0.15) is 4.83 Å². The summed E-state index contributed by atoms with van der Waals surface area (Å²) in [6, 6.07) is 0. The molecule has 2 aromatic heterocycles. The van der Waals surface area contributed by atoms with Crippen LogP contribution in [0.2, 0.25) is 0 Å². The summed E-state index contributed by atoms with van der Waals surface area (Å²) in [6.07, 6.45) is 6.89. The number of carbonyl (C=O) groups is 1. The molecule has 5 nitrogen and oxygen atoms in total. The number of fused-ring (bicyclic) bond motifs is 3. The van der Waals surface area contributed by atoms with E-state index >= 15 is 0 Å². The maximum absolute atomic E-state index is 12.4. The Balaban J connectivity index is 1.87. The zero-order valence-electron chi connectivity index (χ0n) is 12.9. The van der Waals surface area contributed by atoms with Crippen molar-refractivity contribution in [3.63, 3.8) is 0 Å². The minimum Gasteiger partial charge on any atom is -0.463 e. The van der Waals surface area contributed by atoms with Crippen molar-refractivity contribution < 1.29 is 9.53 Å². The molecule has 0 unspecified atom stereocenters. The van der Waals surface area contributed by atoms with Crippen LogP contribution >= 0.6 is 23.1 Å². The van der Waals surface area contributed by atoms with Crippen LogP contribution in [0.25, 0.3) is 10.2 Å². The lowest BCUT2D eigenvalue weighted by molar-refractivity contribution is -0.137. The minimum atomic E-state index is -0.397. The van der Waals surface area contributed by atoms with Gasteiger partial charge >= 0.3 is 5.97 Å². The van der Waals surface area contributed by atoms with Gasteiger partial charge in [0.05, 0.1) is 12.0 Å². The van der Waals surface area contributed by atoms with E-state index in [1.807, 2.05) is 0 Å². The van der Waals surface area contributed by atoms with Gasteiger partial charge in [-0.1, -0.05) is 18.2 Å². The van der Waals surface area contributed by atoms with E-state index in [9.17, 15) is 9.59 Å². The molecule has 1 aliphatic rings. The van der Waals surface area contributed by atoms with Crippen LogP contribution in [0.1, 0.15) is 36.6 Å². The lowest BCUT2D eigenvalue weighted by Crippen LogP contribution is -2.09. The van der Waals surface area contributed by atoms with E-state index in [4.69, 9.17) is 4.74 Å². The fourth-order valence-corrected chi connectivity index (χ4v) is 4.64. The second-order valence-electron chi connectivity index (χ2n) is 5.29. The molecule has 1 N–H and O–H groups in total. The van der Waals surface area contributed by atoms with Crippen LogP contribution in [0.5, 0.6) is 0 Å². The largest absolute Gasteiger partial charge is 0.463 e. The Labute approximate surface area is 142 Å². The molecule has 1 aliphatic carbocycles. The molecule has 2 heterocycles. The monoisotopic (exact) mass is 350 g/mol. The van der Waals surface area contributed by atoms with E-state index in [2.05, 4.69) is 9.97 Å². The topological polar surface area (TPSA) is 72.0 Å². The van der Waals surface area contributed by atoms with Gasteiger partial charge in [0.25, 0.3) is 5.56 Å². The smallest absolute Gasteiger partial charge is 0.331 e. The highest BCUT2D eigenvalue weighted by Crippen LogP contribution is 2.33. The highest BCUT2D eigenvalue weighted by molar-refractivity contribution is 8.02. The lowest BCUT2D eigenvalue weighted by atomic mass is 10.1. The SMILES string of the molecule is CCOC(=O)/C=C\Sc1nc2sc3c(c2c(=O)[nH]1)CCCCC3. The third-order valence-electron chi connectivity index (χ3n) is 3.72. The van der Waals surface area contributed by atoms with Crippen molar-refractivity contribution in [2.45, 2.75) is 44.2 Å².